The van der Waals surface area contributed by atoms with E-state index in [4.69, 9.17) is 11.6 Å². The lowest BCUT2D eigenvalue weighted by molar-refractivity contribution is -0.119. The van der Waals surface area contributed by atoms with E-state index in [1.807, 2.05) is 0 Å². The number of carbonyl (C=O) groups is 2. The van der Waals surface area contributed by atoms with Crippen molar-refractivity contribution in [2.24, 2.45) is 5.92 Å². The fourth-order valence-electron chi connectivity index (χ4n) is 2.19. The first-order valence-corrected chi connectivity index (χ1v) is 6.83. The van der Waals surface area contributed by atoms with Crippen LogP contribution in [0.5, 0.6) is 0 Å². The molecule has 0 saturated heterocycles. The number of halogens is 1. The lowest BCUT2D eigenvalue weighted by Crippen LogP contribution is -2.46. The first-order valence-electron chi connectivity index (χ1n) is 6.29. The molecule has 2 atom stereocenters. The summed E-state index contributed by atoms with van der Waals surface area (Å²) in [5, 5.41) is 5.18. The smallest absolute Gasteiger partial charge is 0.321 e. The number of hydrogen-bond acceptors (Lipinski definition) is 2. The molecule has 1 aliphatic rings. The summed E-state index contributed by atoms with van der Waals surface area (Å²) in [6.07, 6.45) is 5.92. The van der Waals surface area contributed by atoms with Gasteiger partial charge in [0.05, 0.1) is 0 Å². The molecule has 4 nitrogen and oxygen atoms in total. The van der Waals surface area contributed by atoms with Gasteiger partial charge in [-0.25, -0.2) is 4.79 Å². The van der Waals surface area contributed by atoms with Crippen LogP contribution in [-0.2, 0) is 4.79 Å². The fourth-order valence-corrected chi connectivity index (χ4v) is 2.36. The zero-order valence-corrected chi connectivity index (χ0v) is 11.1. The molecule has 1 aliphatic carbocycles. The third kappa shape index (κ3) is 5.39. The molecule has 0 aromatic rings. The second kappa shape index (κ2) is 7.54. The number of imide groups is 1. The largest absolute Gasteiger partial charge is 0.335 e. The lowest BCUT2D eigenvalue weighted by atomic mass is 9.97. The van der Waals surface area contributed by atoms with E-state index in [0.717, 1.165) is 19.3 Å². The minimum absolute atomic E-state index is 0.176. The van der Waals surface area contributed by atoms with Crippen molar-refractivity contribution in [3.8, 4) is 0 Å². The molecule has 0 heterocycles. The third-order valence-electron chi connectivity index (χ3n) is 3.25. The Kier molecular flexibility index (Phi) is 6.34. The zero-order chi connectivity index (χ0) is 12.7. The van der Waals surface area contributed by atoms with Gasteiger partial charge in [0.25, 0.3) is 0 Å². The van der Waals surface area contributed by atoms with Crippen molar-refractivity contribution >= 4 is 23.5 Å². The van der Waals surface area contributed by atoms with Crippen LogP contribution in [0.4, 0.5) is 4.79 Å². The SMILES string of the molecule is CC1CCCCCC1NC(=O)NC(=O)CCCl. The van der Waals surface area contributed by atoms with Gasteiger partial charge in [-0.05, 0) is 18.8 Å². The molecule has 98 valence electrons. The van der Waals surface area contributed by atoms with Crippen molar-refractivity contribution < 1.29 is 9.59 Å². The van der Waals surface area contributed by atoms with Gasteiger partial charge in [0.1, 0.15) is 0 Å². The molecule has 0 spiro atoms. The van der Waals surface area contributed by atoms with Crippen molar-refractivity contribution in [2.45, 2.75) is 51.5 Å². The molecule has 17 heavy (non-hydrogen) atoms. The van der Waals surface area contributed by atoms with Crippen LogP contribution in [0.15, 0.2) is 0 Å². The summed E-state index contributed by atoms with van der Waals surface area (Å²) < 4.78 is 0. The lowest BCUT2D eigenvalue weighted by Gasteiger charge is -2.22. The molecule has 0 radical (unpaired) electrons. The number of carbonyl (C=O) groups excluding carboxylic acids is 2. The van der Waals surface area contributed by atoms with Gasteiger partial charge in [-0.15, -0.1) is 11.6 Å². The molecule has 3 amide bonds. The standard InChI is InChI=1S/C12H21ClN2O2/c1-9-5-3-2-4-6-10(9)14-12(17)15-11(16)7-8-13/h9-10H,2-8H2,1H3,(H2,14,15,16,17). The Morgan fingerprint density at radius 1 is 1.24 bits per heavy atom. The minimum atomic E-state index is -0.390. The predicted octanol–water partition coefficient (Wildman–Crippen LogP) is 2.41. The number of rotatable bonds is 3. The molecule has 1 saturated carbocycles. The first-order chi connectivity index (χ1) is 8.13. The Balaban J connectivity index is 2.35. The highest BCUT2D eigenvalue weighted by Gasteiger charge is 2.21. The Labute approximate surface area is 107 Å². The number of nitrogens with one attached hydrogen (secondary N) is 2. The normalized spacial score (nSPS) is 24.8. The van der Waals surface area contributed by atoms with Gasteiger partial charge in [0.15, 0.2) is 0 Å². The van der Waals surface area contributed by atoms with Crippen molar-refractivity contribution in [3.63, 3.8) is 0 Å². The molecule has 1 fully saturated rings. The van der Waals surface area contributed by atoms with Gasteiger partial charge in [-0.3, -0.25) is 10.1 Å². The molecule has 0 aliphatic heterocycles. The van der Waals surface area contributed by atoms with Crippen LogP contribution in [0.25, 0.3) is 0 Å². The number of hydrogen-bond donors (Lipinski definition) is 2. The summed E-state index contributed by atoms with van der Waals surface area (Å²) in [4.78, 5) is 22.8. The summed E-state index contributed by atoms with van der Waals surface area (Å²) in [5.41, 5.74) is 0. The van der Waals surface area contributed by atoms with E-state index in [-0.39, 0.29) is 30.3 Å². The monoisotopic (exact) mass is 260 g/mol. The van der Waals surface area contributed by atoms with E-state index in [2.05, 4.69) is 17.6 Å². The molecular weight excluding hydrogens is 240 g/mol. The average molecular weight is 261 g/mol. The van der Waals surface area contributed by atoms with Gasteiger partial charge >= 0.3 is 6.03 Å². The Bertz CT molecular complexity index is 271. The maximum atomic E-state index is 11.6. The predicted molar refractivity (Wildman–Crippen MR) is 68.0 cm³/mol. The number of alkyl halides is 1. The first kappa shape index (κ1) is 14.3. The van der Waals surface area contributed by atoms with Crippen molar-refractivity contribution in [2.75, 3.05) is 5.88 Å². The van der Waals surface area contributed by atoms with Crippen LogP contribution >= 0.6 is 11.6 Å². The Morgan fingerprint density at radius 3 is 2.65 bits per heavy atom. The van der Waals surface area contributed by atoms with Gasteiger partial charge in [-0.2, -0.15) is 0 Å². The third-order valence-corrected chi connectivity index (χ3v) is 3.44. The van der Waals surface area contributed by atoms with E-state index in [0.29, 0.717) is 5.92 Å². The summed E-state index contributed by atoms with van der Waals surface area (Å²) in [7, 11) is 0. The van der Waals surface area contributed by atoms with E-state index in [1.54, 1.807) is 0 Å². The molecule has 0 bridgehead atoms. The van der Waals surface area contributed by atoms with Crippen molar-refractivity contribution in [3.05, 3.63) is 0 Å². The second-order valence-corrected chi connectivity index (χ2v) is 5.06. The Hall–Kier alpha value is -0.770. The highest BCUT2D eigenvalue weighted by Crippen LogP contribution is 2.22. The molecule has 1 rings (SSSR count). The van der Waals surface area contributed by atoms with E-state index in [9.17, 15) is 9.59 Å². The highest BCUT2D eigenvalue weighted by atomic mass is 35.5. The van der Waals surface area contributed by atoms with E-state index < -0.39 is 0 Å². The quantitative estimate of drug-likeness (QED) is 0.605. The van der Waals surface area contributed by atoms with Crippen molar-refractivity contribution in [1.29, 1.82) is 0 Å². The summed E-state index contributed by atoms with van der Waals surface area (Å²) in [6, 6.07) is -0.208. The molecule has 0 aromatic heterocycles. The van der Waals surface area contributed by atoms with Crippen LogP contribution in [-0.4, -0.2) is 23.9 Å². The van der Waals surface area contributed by atoms with Gasteiger partial charge in [0.2, 0.25) is 5.91 Å². The molecule has 2 N–H and O–H groups in total. The van der Waals surface area contributed by atoms with Crippen LogP contribution in [0.2, 0.25) is 0 Å². The maximum Gasteiger partial charge on any atom is 0.321 e. The van der Waals surface area contributed by atoms with Gasteiger partial charge in [0, 0.05) is 18.3 Å². The Morgan fingerprint density at radius 2 is 1.94 bits per heavy atom. The number of amides is 3. The zero-order valence-electron chi connectivity index (χ0n) is 10.3. The summed E-state index contributed by atoms with van der Waals surface area (Å²) >= 11 is 5.42. The molecular formula is C12H21ClN2O2. The van der Waals surface area contributed by atoms with E-state index in [1.165, 1.54) is 12.8 Å². The average Bonchev–Trinajstić information content (AvgIpc) is 2.44. The number of urea groups is 1. The molecule has 5 heteroatoms. The highest BCUT2D eigenvalue weighted by molar-refractivity contribution is 6.19. The summed E-state index contributed by atoms with van der Waals surface area (Å²) in [6.45, 7) is 2.15. The van der Waals surface area contributed by atoms with E-state index >= 15 is 0 Å². The second-order valence-electron chi connectivity index (χ2n) is 4.68. The minimum Gasteiger partial charge on any atom is -0.335 e. The topological polar surface area (TPSA) is 58.2 Å². The maximum absolute atomic E-state index is 11.6. The van der Waals surface area contributed by atoms with Gasteiger partial charge in [-0.1, -0.05) is 26.2 Å². The van der Waals surface area contributed by atoms with Gasteiger partial charge < -0.3 is 5.32 Å². The molecule has 0 aromatic carbocycles. The van der Waals surface area contributed by atoms with Crippen LogP contribution < -0.4 is 10.6 Å². The molecule has 2 unspecified atom stereocenters. The van der Waals surface area contributed by atoms with Crippen LogP contribution in [0.1, 0.15) is 45.4 Å². The summed E-state index contributed by atoms with van der Waals surface area (Å²) in [5.74, 6) is 0.393. The fraction of sp³-hybridized carbons (Fsp3) is 0.833. The van der Waals surface area contributed by atoms with Crippen LogP contribution in [0, 0.1) is 5.92 Å². The van der Waals surface area contributed by atoms with Crippen LogP contribution in [0.3, 0.4) is 0 Å². The van der Waals surface area contributed by atoms with Crippen molar-refractivity contribution in [1.82, 2.24) is 10.6 Å².